The van der Waals surface area contributed by atoms with Gasteiger partial charge in [0, 0.05) is 12.8 Å². The fourth-order valence-corrected chi connectivity index (χ4v) is 3.90. The zero-order valence-corrected chi connectivity index (χ0v) is 21.4. The Hall–Kier alpha value is -0.760. The van der Waals surface area contributed by atoms with Crippen molar-refractivity contribution < 1.29 is 38.3 Å². The van der Waals surface area contributed by atoms with Gasteiger partial charge in [-0.05, 0) is 32.1 Å². The van der Waals surface area contributed by atoms with Crippen LogP contribution in [-0.2, 0) is 23.1 Å². The number of carbonyl (C=O) groups excluding carboxylic acids is 1. The van der Waals surface area contributed by atoms with E-state index in [2.05, 4.69) is 23.6 Å². The number of ether oxygens (including phenoxy) is 1. The average Bonchev–Trinajstić information content (AvgIpc) is 2.79. The topological polar surface area (TPSA) is 123 Å². The highest BCUT2D eigenvalue weighted by Crippen LogP contribution is 2.43. The molecule has 8 nitrogen and oxygen atoms in total. The monoisotopic (exact) mass is 494 g/mol. The van der Waals surface area contributed by atoms with Crippen LogP contribution >= 0.6 is 7.82 Å². The van der Waals surface area contributed by atoms with Gasteiger partial charge in [0.15, 0.2) is 0 Å². The molecule has 196 valence electrons. The fraction of sp³-hybridized carbons (Fsp3) is 0.875. The number of aliphatic hydroxyl groups is 2. The Morgan fingerprint density at radius 1 is 0.848 bits per heavy atom. The quantitative estimate of drug-likeness (QED) is 0.0701. The molecular formula is C24H47O8P. The summed E-state index contributed by atoms with van der Waals surface area (Å²) in [6, 6.07) is 0. The van der Waals surface area contributed by atoms with Crippen LogP contribution in [0.2, 0.25) is 0 Å². The van der Waals surface area contributed by atoms with Crippen molar-refractivity contribution in [2.75, 3.05) is 26.4 Å². The highest BCUT2D eigenvalue weighted by Gasteiger charge is 2.22. The van der Waals surface area contributed by atoms with Crippen LogP contribution in [0.1, 0.15) is 103 Å². The lowest BCUT2D eigenvalue weighted by atomic mass is 10.1. The number of phosphoric acid groups is 1. The number of rotatable bonds is 24. The molecular weight excluding hydrogens is 447 g/mol. The third kappa shape index (κ3) is 24.2. The summed E-state index contributed by atoms with van der Waals surface area (Å²) in [7, 11) is -4.29. The minimum Gasteiger partial charge on any atom is -0.466 e. The number of hydrogen-bond donors (Lipinski definition) is 3. The van der Waals surface area contributed by atoms with Crippen LogP contribution in [0.3, 0.4) is 0 Å². The van der Waals surface area contributed by atoms with Gasteiger partial charge in [0.2, 0.25) is 0 Å². The van der Waals surface area contributed by atoms with E-state index in [4.69, 9.17) is 19.5 Å². The lowest BCUT2D eigenvalue weighted by molar-refractivity contribution is -0.144. The molecule has 2 atom stereocenters. The summed E-state index contributed by atoms with van der Waals surface area (Å²) in [6.45, 7) is 1.14. The third-order valence-electron chi connectivity index (χ3n) is 5.09. The second-order valence-electron chi connectivity index (χ2n) is 8.34. The Morgan fingerprint density at radius 2 is 1.42 bits per heavy atom. The van der Waals surface area contributed by atoms with Gasteiger partial charge in [-0.1, -0.05) is 70.4 Å². The number of allylic oxidation sites excluding steroid dienone is 2. The van der Waals surface area contributed by atoms with E-state index in [1.165, 1.54) is 57.8 Å². The smallest absolute Gasteiger partial charge is 0.466 e. The summed E-state index contributed by atoms with van der Waals surface area (Å²) in [5.74, 6) is -0.276. The van der Waals surface area contributed by atoms with Crippen molar-refractivity contribution in [3.8, 4) is 0 Å². The molecule has 0 rings (SSSR count). The van der Waals surface area contributed by atoms with Crippen molar-refractivity contribution in [3.05, 3.63) is 12.2 Å². The molecule has 0 aliphatic heterocycles. The van der Waals surface area contributed by atoms with Crippen molar-refractivity contribution in [1.29, 1.82) is 0 Å². The summed E-state index contributed by atoms with van der Waals surface area (Å²) >= 11 is 0. The van der Waals surface area contributed by atoms with Crippen molar-refractivity contribution in [2.24, 2.45) is 0 Å². The Labute approximate surface area is 200 Å². The summed E-state index contributed by atoms with van der Waals surface area (Å²) in [5.41, 5.74) is 0. The first kappa shape index (κ1) is 32.2. The van der Waals surface area contributed by atoms with Crippen LogP contribution in [-0.4, -0.2) is 53.6 Å². The van der Waals surface area contributed by atoms with Gasteiger partial charge >= 0.3 is 13.8 Å². The second-order valence-corrected chi connectivity index (χ2v) is 9.80. The van der Waals surface area contributed by atoms with Gasteiger partial charge in [0.05, 0.1) is 26.4 Å². The van der Waals surface area contributed by atoms with Crippen LogP contribution < -0.4 is 0 Å². The van der Waals surface area contributed by atoms with E-state index in [9.17, 15) is 14.3 Å². The van der Waals surface area contributed by atoms with E-state index in [1.54, 1.807) is 0 Å². The van der Waals surface area contributed by atoms with Crippen LogP contribution in [0.5, 0.6) is 0 Å². The summed E-state index contributed by atoms with van der Waals surface area (Å²) in [5, 5.41) is 17.7. The standard InChI is InChI=1S/C24H47O8P/c1-2-3-4-5-6-7-8-9-10-11-12-13-14-15-16-18-24(27)30-19-17-20-31-33(28,29)32-22-23(26)21-25/h9-10,23,25-26H,2-8,11-22H2,1H3,(H,28,29)/b10-9-. The fourth-order valence-electron chi connectivity index (χ4n) is 3.11. The molecule has 0 bridgehead atoms. The summed E-state index contributed by atoms with van der Waals surface area (Å²) < 4.78 is 25.8. The van der Waals surface area contributed by atoms with E-state index in [-0.39, 0.29) is 25.6 Å². The van der Waals surface area contributed by atoms with Crippen LogP contribution in [0.4, 0.5) is 0 Å². The largest absolute Gasteiger partial charge is 0.472 e. The van der Waals surface area contributed by atoms with Gasteiger partial charge in [0.1, 0.15) is 6.10 Å². The molecule has 0 radical (unpaired) electrons. The summed E-state index contributed by atoms with van der Waals surface area (Å²) in [4.78, 5) is 21.1. The first-order valence-electron chi connectivity index (χ1n) is 12.6. The van der Waals surface area contributed by atoms with Crippen molar-refractivity contribution >= 4 is 13.8 Å². The molecule has 0 aromatic rings. The van der Waals surface area contributed by atoms with Crippen LogP contribution in [0, 0.1) is 0 Å². The number of unbranched alkanes of at least 4 members (excludes halogenated alkanes) is 11. The van der Waals surface area contributed by atoms with Gasteiger partial charge in [-0.25, -0.2) is 4.57 Å². The maximum atomic E-state index is 11.7. The molecule has 0 saturated heterocycles. The summed E-state index contributed by atoms with van der Waals surface area (Å²) in [6.07, 6.45) is 19.7. The molecule has 0 aliphatic rings. The molecule has 9 heteroatoms. The minimum atomic E-state index is -4.29. The predicted octanol–water partition coefficient (Wildman–Crippen LogP) is 5.44. The molecule has 0 fully saturated rings. The number of phosphoric ester groups is 1. The molecule has 0 heterocycles. The second kappa shape index (κ2) is 23.0. The normalized spacial score (nSPS) is 14.4. The molecule has 33 heavy (non-hydrogen) atoms. The molecule has 3 N–H and O–H groups in total. The number of carbonyl (C=O) groups is 1. The van der Waals surface area contributed by atoms with E-state index >= 15 is 0 Å². The van der Waals surface area contributed by atoms with Gasteiger partial charge in [-0.15, -0.1) is 0 Å². The van der Waals surface area contributed by atoms with Gasteiger partial charge in [-0.3, -0.25) is 13.8 Å². The van der Waals surface area contributed by atoms with Crippen LogP contribution in [0.25, 0.3) is 0 Å². The first-order valence-corrected chi connectivity index (χ1v) is 14.1. The predicted molar refractivity (Wildman–Crippen MR) is 130 cm³/mol. The Kier molecular flexibility index (Phi) is 22.5. The minimum absolute atomic E-state index is 0.100. The van der Waals surface area contributed by atoms with E-state index in [0.717, 1.165) is 25.7 Å². The third-order valence-corrected chi connectivity index (χ3v) is 6.07. The number of hydrogen-bond acceptors (Lipinski definition) is 7. The van der Waals surface area contributed by atoms with E-state index < -0.39 is 27.1 Å². The van der Waals surface area contributed by atoms with E-state index in [0.29, 0.717) is 6.42 Å². The lowest BCUT2D eigenvalue weighted by Crippen LogP contribution is -2.19. The molecule has 0 amide bonds. The number of esters is 1. The Bertz CT molecular complexity index is 527. The Balaban J connectivity index is 3.43. The lowest BCUT2D eigenvalue weighted by Gasteiger charge is -2.14. The highest BCUT2D eigenvalue weighted by molar-refractivity contribution is 7.47. The SMILES string of the molecule is CCCCCCCC/C=C\CCCCCCCC(=O)OCCCOP(=O)(O)OCC(O)CO. The van der Waals surface area contributed by atoms with Crippen LogP contribution in [0.15, 0.2) is 12.2 Å². The maximum Gasteiger partial charge on any atom is 0.472 e. The molecule has 0 aromatic carbocycles. The van der Waals surface area contributed by atoms with Gasteiger partial charge in [0.25, 0.3) is 0 Å². The van der Waals surface area contributed by atoms with Crippen molar-refractivity contribution in [3.63, 3.8) is 0 Å². The molecule has 2 unspecified atom stereocenters. The highest BCUT2D eigenvalue weighted by atomic mass is 31.2. The molecule has 0 spiro atoms. The maximum absolute atomic E-state index is 11.7. The van der Waals surface area contributed by atoms with Gasteiger partial charge < -0.3 is 19.8 Å². The van der Waals surface area contributed by atoms with Gasteiger partial charge in [-0.2, -0.15) is 0 Å². The average molecular weight is 495 g/mol. The Morgan fingerprint density at radius 3 is 2.03 bits per heavy atom. The zero-order valence-electron chi connectivity index (χ0n) is 20.5. The van der Waals surface area contributed by atoms with Crippen molar-refractivity contribution in [1.82, 2.24) is 0 Å². The number of aliphatic hydroxyl groups excluding tert-OH is 2. The molecule has 0 aromatic heterocycles. The molecule has 0 aliphatic carbocycles. The first-order chi connectivity index (χ1) is 15.9. The van der Waals surface area contributed by atoms with E-state index in [1.807, 2.05) is 0 Å². The zero-order chi connectivity index (χ0) is 24.6. The molecule has 0 saturated carbocycles. The van der Waals surface area contributed by atoms with Crippen molar-refractivity contribution in [2.45, 2.75) is 109 Å².